The fourth-order valence-corrected chi connectivity index (χ4v) is 3.56. The Kier molecular flexibility index (Phi) is 6.27. The Bertz CT molecular complexity index is 655. The number of hydrogen-bond acceptors (Lipinski definition) is 3. The molecule has 1 aliphatic heterocycles. The first-order valence-electron chi connectivity index (χ1n) is 8.55. The molecule has 5 heteroatoms. The first-order valence-corrected chi connectivity index (χ1v) is 8.93. The van der Waals surface area contributed by atoms with E-state index in [1.54, 1.807) is 13.0 Å². The van der Waals surface area contributed by atoms with Gasteiger partial charge in [-0.05, 0) is 63.3 Å². The highest BCUT2D eigenvalue weighted by Crippen LogP contribution is 2.39. The maximum Gasteiger partial charge on any atom is 0.367 e. The molecular weight excluding hydrogens is 329 g/mol. The van der Waals surface area contributed by atoms with E-state index < -0.39 is 11.8 Å². The molecule has 1 heterocycles. The fourth-order valence-electron chi connectivity index (χ4n) is 3.21. The topological polar surface area (TPSA) is 29.5 Å². The molecule has 2 rings (SSSR count). The summed E-state index contributed by atoms with van der Waals surface area (Å²) in [5, 5.41) is 0.610. The van der Waals surface area contributed by atoms with E-state index >= 15 is 0 Å². The van der Waals surface area contributed by atoms with E-state index in [1.165, 1.54) is 0 Å². The maximum absolute atomic E-state index is 14.5. The van der Waals surface area contributed by atoms with E-state index in [-0.39, 0.29) is 6.61 Å². The van der Waals surface area contributed by atoms with Crippen molar-refractivity contribution in [2.24, 2.45) is 0 Å². The van der Waals surface area contributed by atoms with Gasteiger partial charge in [-0.15, -0.1) is 0 Å². The predicted molar refractivity (Wildman–Crippen MR) is 97.2 cm³/mol. The normalized spacial score (nSPS) is 15.2. The van der Waals surface area contributed by atoms with Crippen molar-refractivity contribution in [1.29, 1.82) is 0 Å². The zero-order valence-electron chi connectivity index (χ0n) is 14.8. The summed E-state index contributed by atoms with van der Waals surface area (Å²) in [6.07, 6.45) is 2.34. The maximum atomic E-state index is 14.5. The van der Waals surface area contributed by atoms with Gasteiger partial charge in [0.25, 0.3) is 0 Å². The van der Waals surface area contributed by atoms with Crippen LogP contribution in [0.15, 0.2) is 18.0 Å². The number of rotatable bonds is 5. The molecule has 24 heavy (non-hydrogen) atoms. The summed E-state index contributed by atoms with van der Waals surface area (Å²) in [7, 11) is 0. The monoisotopic (exact) mass is 353 g/mol. The quantitative estimate of drug-likeness (QED) is 0.541. The van der Waals surface area contributed by atoms with Gasteiger partial charge in [-0.2, -0.15) is 4.39 Å². The number of anilines is 1. The van der Waals surface area contributed by atoms with Crippen LogP contribution in [-0.2, 0) is 16.0 Å². The molecule has 132 valence electrons. The summed E-state index contributed by atoms with van der Waals surface area (Å²) in [5.74, 6) is -1.74. The third kappa shape index (κ3) is 3.75. The molecule has 0 unspecified atom stereocenters. The lowest BCUT2D eigenvalue weighted by molar-refractivity contribution is -0.140. The van der Waals surface area contributed by atoms with E-state index in [0.29, 0.717) is 28.6 Å². The standard InChI is InChI=1S/C19H25ClFNO2/c1-5-15(17(21)19(23)24-6-2)14-10-13-8-7-9-22(12(3)4)18(13)16(20)11-14/h10-12H,5-9H2,1-4H3. The zero-order valence-corrected chi connectivity index (χ0v) is 15.5. The summed E-state index contributed by atoms with van der Waals surface area (Å²) in [6.45, 7) is 8.87. The molecule has 0 saturated carbocycles. The van der Waals surface area contributed by atoms with Crippen LogP contribution in [-0.4, -0.2) is 25.2 Å². The van der Waals surface area contributed by atoms with Crippen LogP contribution in [0.1, 0.15) is 51.7 Å². The Hall–Kier alpha value is -1.55. The Morgan fingerprint density at radius 2 is 2.08 bits per heavy atom. The van der Waals surface area contributed by atoms with Crippen LogP contribution in [0, 0.1) is 0 Å². The molecule has 0 radical (unpaired) electrons. The second-order valence-electron chi connectivity index (χ2n) is 6.22. The van der Waals surface area contributed by atoms with Gasteiger partial charge in [0.1, 0.15) is 0 Å². The predicted octanol–water partition coefficient (Wildman–Crippen LogP) is 5.15. The molecule has 3 nitrogen and oxygen atoms in total. The van der Waals surface area contributed by atoms with Crippen molar-refractivity contribution in [3.8, 4) is 0 Å². The lowest BCUT2D eigenvalue weighted by Crippen LogP contribution is -2.35. The zero-order chi connectivity index (χ0) is 17.9. The van der Waals surface area contributed by atoms with Crippen LogP contribution in [0.2, 0.25) is 5.02 Å². The van der Waals surface area contributed by atoms with Crippen LogP contribution >= 0.6 is 11.6 Å². The molecular formula is C19H25ClFNO2. The molecule has 0 fully saturated rings. The minimum atomic E-state index is -0.910. The number of halogens is 2. The van der Waals surface area contributed by atoms with Crippen molar-refractivity contribution in [2.45, 2.75) is 53.0 Å². The lowest BCUT2D eigenvalue weighted by atomic mass is 9.94. The average molecular weight is 354 g/mol. The van der Waals surface area contributed by atoms with Crippen LogP contribution in [0.3, 0.4) is 0 Å². The highest BCUT2D eigenvalue weighted by atomic mass is 35.5. The number of ether oxygens (including phenoxy) is 1. The smallest absolute Gasteiger partial charge is 0.367 e. The van der Waals surface area contributed by atoms with Gasteiger partial charge in [0.05, 0.1) is 17.3 Å². The molecule has 1 aliphatic rings. The second-order valence-corrected chi connectivity index (χ2v) is 6.63. The van der Waals surface area contributed by atoms with Crippen molar-refractivity contribution in [3.63, 3.8) is 0 Å². The number of aryl methyl sites for hydroxylation is 1. The molecule has 0 amide bonds. The van der Waals surface area contributed by atoms with Crippen LogP contribution in [0.25, 0.3) is 5.57 Å². The Labute approximate surface area is 148 Å². The Balaban J connectivity index is 2.51. The number of hydrogen-bond donors (Lipinski definition) is 0. The third-order valence-corrected chi connectivity index (χ3v) is 4.61. The second kappa shape index (κ2) is 8.02. The van der Waals surface area contributed by atoms with E-state index in [1.807, 2.05) is 13.0 Å². The first kappa shape index (κ1) is 18.8. The summed E-state index contributed by atoms with van der Waals surface area (Å²) >= 11 is 6.53. The van der Waals surface area contributed by atoms with Crippen molar-refractivity contribution in [3.05, 3.63) is 34.1 Å². The van der Waals surface area contributed by atoms with Crippen molar-refractivity contribution >= 4 is 28.8 Å². The van der Waals surface area contributed by atoms with Crippen LogP contribution in [0.5, 0.6) is 0 Å². The number of nitrogens with zero attached hydrogens (tertiary/aromatic N) is 1. The largest absolute Gasteiger partial charge is 0.461 e. The van der Waals surface area contributed by atoms with Crippen LogP contribution in [0.4, 0.5) is 10.1 Å². The molecule has 1 aromatic rings. The summed E-state index contributed by atoms with van der Waals surface area (Å²) in [5.41, 5.74) is 3.16. The minimum absolute atomic E-state index is 0.150. The number of allylic oxidation sites excluding steroid dienone is 1. The number of benzene rings is 1. The molecule has 0 spiro atoms. The number of fused-ring (bicyclic) bond motifs is 1. The van der Waals surface area contributed by atoms with Crippen molar-refractivity contribution < 1.29 is 13.9 Å². The van der Waals surface area contributed by atoms with Gasteiger partial charge in [0, 0.05) is 18.2 Å². The number of carbonyl (C=O) groups is 1. The highest BCUT2D eigenvalue weighted by molar-refractivity contribution is 6.33. The molecule has 0 atom stereocenters. The van der Waals surface area contributed by atoms with Gasteiger partial charge < -0.3 is 9.64 Å². The van der Waals surface area contributed by atoms with Crippen LogP contribution < -0.4 is 4.90 Å². The van der Waals surface area contributed by atoms with E-state index in [4.69, 9.17) is 16.3 Å². The van der Waals surface area contributed by atoms with Gasteiger partial charge in [-0.3, -0.25) is 0 Å². The molecule has 0 N–H and O–H groups in total. The van der Waals surface area contributed by atoms with E-state index in [9.17, 15) is 9.18 Å². The van der Waals surface area contributed by atoms with Gasteiger partial charge in [0.2, 0.25) is 5.83 Å². The van der Waals surface area contributed by atoms with Crippen molar-refractivity contribution in [1.82, 2.24) is 0 Å². The number of carbonyl (C=O) groups excluding carboxylic acids is 1. The molecule has 0 aliphatic carbocycles. The molecule has 0 aromatic heterocycles. The molecule has 1 aromatic carbocycles. The number of esters is 1. The average Bonchev–Trinajstić information content (AvgIpc) is 2.54. The van der Waals surface area contributed by atoms with Gasteiger partial charge in [-0.1, -0.05) is 18.5 Å². The molecule has 0 bridgehead atoms. The molecule has 0 saturated heterocycles. The van der Waals surface area contributed by atoms with E-state index in [0.717, 1.165) is 30.6 Å². The highest BCUT2D eigenvalue weighted by Gasteiger charge is 2.24. The lowest BCUT2D eigenvalue weighted by Gasteiger charge is -2.35. The van der Waals surface area contributed by atoms with Crippen molar-refractivity contribution in [2.75, 3.05) is 18.1 Å². The summed E-state index contributed by atoms with van der Waals surface area (Å²) in [4.78, 5) is 14.0. The Morgan fingerprint density at radius 3 is 2.67 bits per heavy atom. The summed E-state index contributed by atoms with van der Waals surface area (Å²) in [6, 6.07) is 4.08. The minimum Gasteiger partial charge on any atom is -0.461 e. The van der Waals surface area contributed by atoms with Gasteiger partial charge >= 0.3 is 5.97 Å². The fraction of sp³-hybridized carbons (Fsp3) is 0.526. The SMILES string of the molecule is CCOC(=O)C(F)=C(CC)c1cc(Cl)c2c(c1)CCCN2C(C)C. The third-order valence-electron chi connectivity index (χ3n) is 4.32. The van der Waals surface area contributed by atoms with E-state index in [2.05, 4.69) is 18.7 Å². The first-order chi connectivity index (χ1) is 11.4. The summed E-state index contributed by atoms with van der Waals surface area (Å²) < 4.78 is 19.2. The van der Waals surface area contributed by atoms with Gasteiger partial charge in [-0.25, -0.2) is 4.79 Å². The Morgan fingerprint density at radius 1 is 1.38 bits per heavy atom. The van der Waals surface area contributed by atoms with Gasteiger partial charge in [0.15, 0.2) is 0 Å².